The maximum atomic E-state index is 12.9. The second-order valence-corrected chi connectivity index (χ2v) is 22.4. The van der Waals surface area contributed by atoms with Crippen LogP contribution in [0.25, 0.3) is 0 Å². The zero-order valence-electron chi connectivity index (χ0n) is 51.7. The van der Waals surface area contributed by atoms with Gasteiger partial charge in [0.2, 0.25) is 0 Å². The second-order valence-electron chi connectivity index (χ2n) is 22.4. The van der Waals surface area contributed by atoms with E-state index in [1.165, 1.54) is 199 Å². The highest BCUT2D eigenvalue weighted by Crippen LogP contribution is 2.17. The average molecular weight is 1090 g/mol. The van der Waals surface area contributed by atoms with Crippen molar-refractivity contribution in [3.8, 4) is 0 Å². The Bertz CT molecular complexity index is 1480. The highest BCUT2D eigenvalue weighted by molar-refractivity contribution is 5.71. The van der Waals surface area contributed by atoms with E-state index in [-0.39, 0.29) is 31.1 Å². The van der Waals surface area contributed by atoms with E-state index < -0.39 is 6.10 Å². The molecule has 0 aromatic heterocycles. The van der Waals surface area contributed by atoms with Gasteiger partial charge in [-0.05, 0) is 96.3 Å². The highest BCUT2D eigenvalue weighted by Gasteiger charge is 2.19. The average Bonchev–Trinajstić information content (AvgIpc) is 3.44. The minimum atomic E-state index is -0.776. The Morgan fingerprint density at radius 3 is 0.782 bits per heavy atom. The normalized spacial score (nSPS) is 12.6. The first-order valence-electron chi connectivity index (χ1n) is 33.6. The van der Waals surface area contributed by atoms with Gasteiger partial charge in [-0.2, -0.15) is 0 Å². The Balaban J connectivity index is 4.03. The van der Waals surface area contributed by atoms with Crippen LogP contribution in [0.4, 0.5) is 0 Å². The molecule has 0 amide bonds. The van der Waals surface area contributed by atoms with Gasteiger partial charge in [0.15, 0.2) is 6.10 Å². The van der Waals surface area contributed by atoms with Crippen LogP contribution in [-0.2, 0) is 28.6 Å². The summed E-state index contributed by atoms with van der Waals surface area (Å²) in [5, 5.41) is 0. The number of ether oxygens (including phenoxy) is 3. The number of carbonyl (C=O) groups excluding carboxylic acids is 3. The lowest BCUT2D eigenvalue weighted by atomic mass is 10.0. The first kappa shape index (κ1) is 74.6. The third-order valence-corrected chi connectivity index (χ3v) is 14.6. The number of carbonyl (C=O) groups is 3. The monoisotopic (exact) mass is 1090 g/mol. The third-order valence-electron chi connectivity index (χ3n) is 14.6. The van der Waals surface area contributed by atoms with E-state index in [0.717, 1.165) is 96.3 Å². The van der Waals surface area contributed by atoms with Gasteiger partial charge in [-0.15, -0.1) is 0 Å². The standard InChI is InChI=1S/C72H126O6/c1-4-7-10-13-16-18-20-22-24-26-28-30-32-33-34-35-36-37-38-39-41-42-44-46-48-50-52-54-56-59-62-65-71(74)77-68-69(67-76-70(73)64-61-58-15-12-9-6-3)78-72(75)66-63-60-57-55-53-51-49-47-45-43-40-31-29-27-25-23-21-19-17-14-11-8-5-2/h8,11,17,19-20,22-23,25-26,28-29,31-33,69H,4-7,9-10,12-16,18,21,24,27,30,34-68H2,1-3H3/b11-8-,19-17-,22-20-,25-23-,28-26-,31-29-,33-32-. The maximum absolute atomic E-state index is 12.9. The van der Waals surface area contributed by atoms with Crippen molar-refractivity contribution >= 4 is 17.9 Å². The molecule has 0 aromatic carbocycles. The molecule has 0 spiro atoms. The number of rotatable bonds is 61. The Kier molecular flexibility index (Phi) is 63.2. The lowest BCUT2D eigenvalue weighted by Gasteiger charge is -2.18. The topological polar surface area (TPSA) is 78.9 Å². The molecule has 0 heterocycles. The van der Waals surface area contributed by atoms with Gasteiger partial charge in [-0.3, -0.25) is 14.4 Å². The van der Waals surface area contributed by atoms with Crippen molar-refractivity contribution in [1.82, 2.24) is 0 Å². The van der Waals surface area contributed by atoms with Crippen LogP contribution in [0.2, 0.25) is 0 Å². The quantitative estimate of drug-likeness (QED) is 0.0261. The molecule has 0 aliphatic heterocycles. The molecule has 0 aliphatic rings. The number of esters is 3. The van der Waals surface area contributed by atoms with Crippen LogP contribution in [0.5, 0.6) is 0 Å². The Labute approximate surface area is 484 Å². The lowest BCUT2D eigenvalue weighted by molar-refractivity contribution is -0.167. The number of hydrogen-bond donors (Lipinski definition) is 0. The Hall–Kier alpha value is -3.41. The molecule has 450 valence electrons. The van der Waals surface area contributed by atoms with Crippen molar-refractivity contribution in [2.75, 3.05) is 13.2 Å². The maximum Gasteiger partial charge on any atom is 0.306 e. The van der Waals surface area contributed by atoms with Gasteiger partial charge < -0.3 is 14.2 Å². The van der Waals surface area contributed by atoms with E-state index in [2.05, 4.69) is 106 Å². The smallest absolute Gasteiger partial charge is 0.306 e. The van der Waals surface area contributed by atoms with E-state index in [9.17, 15) is 14.4 Å². The second kappa shape index (κ2) is 66.1. The molecule has 6 heteroatoms. The molecule has 0 saturated carbocycles. The highest BCUT2D eigenvalue weighted by atomic mass is 16.6. The molecule has 6 nitrogen and oxygen atoms in total. The van der Waals surface area contributed by atoms with Crippen LogP contribution < -0.4 is 0 Å². The molecule has 0 N–H and O–H groups in total. The van der Waals surface area contributed by atoms with Gasteiger partial charge in [0.05, 0.1) is 0 Å². The molecule has 78 heavy (non-hydrogen) atoms. The number of unbranched alkanes of at least 4 members (excludes halogenated alkanes) is 36. The van der Waals surface area contributed by atoms with E-state index in [4.69, 9.17) is 14.2 Å². The van der Waals surface area contributed by atoms with Crippen LogP contribution in [-0.4, -0.2) is 37.2 Å². The SMILES string of the molecule is CC/C=C\C/C=C\C/C=C\C/C=C\CCCCCCCCCCCCC(=O)OC(COC(=O)CCCCCCCC)COC(=O)CCCCCCCCCCCCCCCCCC/C=C\C/C=C\C/C=C\CCCCCCC. The summed E-state index contributed by atoms with van der Waals surface area (Å²) in [5.41, 5.74) is 0. The lowest BCUT2D eigenvalue weighted by Crippen LogP contribution is -2.30. The summed E-state index contributed by atoms with van der Waals surface area (Å²) in [6.45, 7) is 6.49. The fraction of sp³-hybridized carbons (Fsp3) is 0.764. The summed E-state index contributed by atoms with van der Waals surface area (Å²) >= 11 is 0. The summed E-state index contributed by atoms with van der Waals surface area (Å²) in [4.78, 5) is 38.1. The molecule has 0 saturated heterocycles. The van der Waals surface area contributed by atoms with Crippen LogP contribution >= 0.6 is 0 Å². The van der Waals surface area contributed by atoms with Crippen molar-refractivity contribution in [2.45, 2.75) is 341 Å². The molecule has 0 rings (SSSR count). The first-order chi connectivity index (χ1) is 38.5. The number of hydrogen-bond acceptors (Lipinski definition) is 6. The van der Waals surface area contributed by atoms with Crippen LogP contribution in [0.1, 0.15) is 335 Å². The Morgan fingerprint density at radius 2 is 0.500 bits per heavy atom. The van der Waals surface area contributed by atoms with E-state index in [1.54, 1.807) is 0 Å². The summed E-state index contributed by atoms with van der Waals surface area (Å²) in [6.07, 6.45) is 87.8. The minimum Gasteiger partial charge on any atom is -0.462 e. The van der Waals surface area contributed by atoms with Crippen molar-refractivity contribution in [3.05, 3.63) is 85.1 Å². The fourth-order valence-electron chi connectivity index (χ4n) is 9.62. The molecule has 1 unspecified atom stereocenters. The molecule has 0 bridgehead atoms. The van der Waals surface area contributed by atoms with Crippen LogP contribution in [0, 0.1) is 0 Å². The Morgan fingerprint density at radius 1 is 0.269 bits per heavy atom. The van der Waals surface area contributed by atoms with E-state index in [1.807, 2.05) is 0 Å². The van der Waals surface area contributed by atoms with Gasteiger partial charge >= 0.3 is 17.9 Å². The third kappa shape index (κ3) is 63.4. The molecule has 1 atom stereocenters. The molecule has 0 fully saturated rings. The number of allylic oxidation sites excluding steroid dienone is 14. The van der Waals surface area contributed by atoms with E-state index in [0.29, 0.717) is 19.3 Å². The summed E-state index contributed by atoms with van der Waals surface area (Å²) in [7, 11) is 0. The van der Waals surface area contributed by atoms with Crippen LogP contribution in [0.15, 0.2) is 85.1 Å². The largest absolute Gasteiger partial charge is 0.462 e. The van der Waals surface area contributed by atoms with Crippen molar-refractivity contribution < 1.29 is 28.6 Å². The van der Waals surface area contributed by atoms with E-state index >= 15 is 0 Å². The van der Waals surface area contributed by atoms with Crippen molar-refractivity contribution in [2.24, 2.45) is 0 Å². The molecule has 0 radical (unpaired) electrons. The van der Waals surface area contributed by atoms with Crippen molar-refractivity contribution in [1.29, 1.82) is 0 Å². The van der Waals surface area contributed by atoms with Crippen molar-refractivity contribution in [3.63, 3.8) is 0 Å². The molecule has 0 aliphatic carbocycles. The molecular formula is C72H126O6. The zero-order chi connectivity index (χ0) is 56.4. The van der Waals surface area contributed by atoms with Gasteiger partial charge in [0, 0.05) is 19.3 Å². The van der Waals surface area contributed by atoms with Gasteiger partial charge in [-0.1, -0.05) is 305 Å². The first-order valence-corrected chi connectivity index (χ1v) is 33.6. The van der Waals surface area contributed by atoms with Gasteiger partial charge in [0.1, 0.15) is 13.2 Å². The van der Waals surface area contributed by atoms with Gasteiger partial charge in [-0.25, -0.2) is 0 Å². The summed E-state index contributed by atoms with van der Waals surface area (Å²) in [5.74, 6) is -0.877. The minimum absolute atomic E-state index is 0.0753. The fourth-order valence-corrected chi connectivity index (χ4v) is 9.62. The van der Waals surface area contributed by atoms with Gasteiger partial charge in [0.25, 0.3) is 0 Å². The predicted octanol–water partition coefficient (Wildman–Crippen LogP) is 23.1. The molecular weight excluding hydrogens is 961 g/mol. The zero-order valence-corrected chi connectivity index (χ0v) is 51.7. The predicted molar refractivity (Wildman–Crippen MR) is 339 cm³/mol. The van der Waals surface area contributed by atoms with Crippen LogP contribution in [0.3, 0.4) is 0 Å². The summed E-state index contributed by atoms with van der Waals surface area (Å²) < 4.78 is 16.8. The molecule has 0 aromatic rings. The summed E-state index contributed by atoms with van der Waals surface area (Å²) in [6, 6.07) is 0.